The number of piperidine rings is 1. The molecule has 0 bridgehead atoms. The van der Waals surface area contributed by atoms with Gasteiger partial charge in [0.2, 0.25) is 0 Å². The van der Waals surface area contributed by atoms with E-state index in [1.54, 1.807) is 6.07 Å². The zero-order valence-corrected chi connectivity index (χ0v) is 19.1. The Hall–Kier alpha value is -1.46. The maximum Gasteiger partial charge on any atom is 0.320 e. The van der Waals surface area contributed by atoms with Gasteiger partial charge in [-0.15, -0.1) is 0 Å². The molecule has 2 heterocycles. The number of halogens is 3. The number of nitrogens with zero attached hydrogens (tertiary/aromatic N) is 3. The van der Waals surface area contributed by atoms with Crippen molar-refractivity contribution < 1.29 is 4.79 Å². The number of benzene rings is 2. The molecule has 1 atom stereocenters. The van der Waals surface area contributed by atoms with Crippen LogP contribution in [0.4, 0.5) is 4.79 Å². The van der Waals surface area contributed by atoms with Crippen LogP contribution in [0.3, 0.4) is 0 Å². The average Bonchev–Trinajstić information content (AvgIpc) is 2.77. The van der Waals surface area contributed by atoms with E-state index in [0.717, 1.165) is 50.1 Å². The minimum atomic E-state index is -0.0146. The summed E-state index contributed by atoms with van der Waals surface area (Å²) >= 11 is 18.9. The lowest BCUT2D eigenvalue weighted by Crippen LogP contribution is -2.54. The molecule has 2 aromatic rings. The molecule has 2 aromatic carbocycles. The third-order valence-electron chi connectivity index (χ3n) is 6.02. The van der Waals surface area contributed by atoms with E-state index in [9.17, 15) is 4.79 Å². The van der Waals surface area contributed by atoms with Crippen LogP contribution in [-0.2, 0) is 0 Å². The number of carbonyl (C=O) groups excluding carboxylic acids is 1. The number of urea groups is 1. The van der Waals surface area contributed by atoms with Gasteiger partial charge in [0, 0.05) is 54.3 Å². The van der Waals surface area contributed by atoms with Gasteiger partial charge in [0.25, 0.3) is 0 Å². The van der Waals surface area contributed by atoms with Gasteiger partial charge in [0.05, 0.1) is 6.04 Å². The molecule has 2 fully saturated rings. The molecule has 0 N–H and O–H groups in total. The smallest absolute Gasteiger partial charge is 0.320 e. The largest absolute Gasteiger partial charge is 0.325 e. The van der Waals surface area contributed by atoms with E-state index < -0.39 is 0 Å². The first kappa shape index (κ1) is 21.8. The second-order valence-electron chi connectivity index (χ2n) is 7.97. The number of likely N-dealkylation sites (tertiary alicyclic amines) is 1. The van der Waals surface area contributed by atoms with Crippen LogP contribution < -0.4 is 0 Å². The molecule has 0 spiro atoms. The number of piperazine rings is 1. The highest BCUT2D eigenvalue weighted by Gasteiger charge is 2.31. The highest BCUT2D eigenvalue weighted by Crippen LogP contribution is 2.36. The summed E-state index contributed by atoms with van der Waals surface area (Å²) in [6, 6.07) is 13.7. The summed E-state index contributed by atoms with van der Waals surface area (Å²) in [5.74, 6) is 0. The van der Waals surface area contributed by atoms with Crippen LogP contribution >= 0.6 is 34.8 Å². The summed E-state index contributed by atoms with van der Waals surface area (Å²) in [6.07, 6.45) is 3.45. The van der Waals surface area contributed by atoms with E-state index in [-0.39, 0.29) is 12.1 Å². The lowest BCUT2D eigenvalue weighted by atomic mass is 9.96. The molecule has 2 amide bonds. The van der Waals surface area contributed by atoms with Gasteiger partial charge in [-0.05, 0) is 54.7 Å². The number of carbonyl (C=O) groups is 1. The van der Waals surface area contributed by atoms with E-state index >= 15 is 0 Å². The number of amides is 2. The van der Waals surface area contributed by atoms with Crippen molar-refractivity contribution in [2.75, 3.05) is 39.3 Å². The normalized spacial score (nSPS) is 19.0. The predicted octanol–water partition coefficient (Wildman–Crippen LogP) is 5.96. The summed E-state index contributed by atoms with van der Waals surface area (Å²) in [7, 11) is 0. The van der Waals surface area contributed by atoms with Gasteiger partial charge in [-0.1, -0.05) is 53.0 Å². The molecule has 0 saturated carbocycles. The molecule has 30 heavy (non-hydrogen) atoms. The lowest BCUT2D eigenvalue weighted by Gasteiger charge is -2.42. The Balaban J connectivity index is 1.53. The van der Waals surface area contributed by atoms with Crippen LogP contribution in [0, 0.1) is 0 Å². The molecule has 0 aromatic heterocycles. The van der Waals surface area contributed by atoms with E-state index in [1.807, 2.05) is 46.2 Å². The van der Waals surface area contributed by atoms with Crippen molar-refractivity contribution in [2.45, 2.75) is 25.3 Å². The number of hydrogen-bond acceptors (Lipinski definition) is 2. The maximum atomic E-state index is 12.9. The first-order valence-electron chi connectivity index (χ1n) is 10.5. The summed E-state index contributed by atoms with van der Waals surface area (Å²) in [4.78, 5) is 19.3. The molecular weight excluding hydrogens is 441 g/mol. The van der Waals surface area contributed by atoms with E-state index in [0.29, 0.717) is 28.2 Å². The maximum absolute atomic E-state index is 12.9. The number of rotatable bonds is 3. The van der Waals surface area contributed by atoms with Crippen molar-refractivity contribution in [3.63, 3.8) is 0 Å². The first-order chi connectivity index (χ1) is 14.5. The topological polar surface area (TPSA) is 26.8 Å². The minimum Gasteiger partial charge on any atom is -0.325 e. The van der Waals surface area contributed by atoms with E-state index in [2.05, 4.69) is 4.90 Å². The SMILES string of the molecule is O=C(N1CCCCC1)N1CCN(C(c2ccc(Cl)cc2)c2ccc(Cl)cc2Cl)CC1. The van der Waals surface area contributed by atoms with Crippen LogP contribution in [-0.4, -0.2) is 60.0 Å². The molecule has 7 heteroatoms. The zero-order valence-electron chi connectivity index (χ0n) is 16.9. The summed E-state index contributed by atoms with van der Waals surface area (Å²) in [5, 5.41) is 1.97. The van der Waals surface area contributed by atoms with Crippen molar-refractivity contribution in [1.29, 1.82) is 0 Å². The fraction of sp³-hybridized carbons (Fsp3) is 0.435. The van der Waals surface area contributed by atoms with Crippen LogP contribution in [0.25, 0.3) is 0 Å². The molecule has 4 rings (SSSR count). The Kier molecular flexibility index (Phi) is 7.09. The Morgan fingerprint density at radius 1 is 0.733 bits per heavy atom. The predicted molar refractivity (Wildman–Crippen MR) is 124 cm³/mol. The fourth-order valence-corrected chi connectivity index (χ4v) is 5.05. The molecule has 1 unspecified atom stereocenters. The van der Waals surface area contributed by atoms with Gasteiger partial charge in [-0.3, -0.25) is 4.90 Å². The van der Waals surface area contributed by atoms with Crippen molar-refractivity contribution in [1.82, 2.24) is 14.7 Å². The Morgan fingerprint density at radius 3 is 1.97 bits per heavy atom. The van der Waals surface area contributed by atoms with Crippen LogP contribution in [0.1, 0.15) is 36.4 Å². The molecule has 160 valence electrons. The molecule has 2 aliphatic rings. The quantitative estimate of drug-likeness (QED) is 0.558. The number of hydrogen-bond donors (Lipinski definition) is 0. The molecule has 4 nitrogen and oxygen atoms in total. The summed E-state index contributed by atoms with van der Waals surface area (Å²) in [6.45, 7) is 4.76. The minimum absolute atomic E-state index is 0.0146. The van der Waals surface area contributed by atoms with E-state index in [4.69, 9.17) is 34.8 Å². The molecule has 0 radical (unpaired) electrons. The third-order valence-corrected chi connectivity index (χ3v) is 6.83. The van der Waals surface area contributed by atoms with Gasteiger partial charge in [0.15, 0.2) is 0 Å². The lowest BCUT2D eigenvalue weighted by molar-refractivity contribution is 0.0953. The van der Waals surface area contributed by atoms with Crippen molar-refractivity contribution in [3.05, 3.63) is 68.7 Å². The van der Waals surface area contributed by atoms with Gasteiger partial charge in [-0.25, -0.2) is 4.79 Å². The molecule has 2 saturated heterocycles. The third kappa shape index (κ3) is 4.88. The van der Waals surface area contributed by atoms with Gasteiger partial charge in [-0.2, -0.15) is 0 Å². The average molecular weight is 467 g/mol. The first-order valence-corrected chi connectivity index (χ1v) is 11.6. The summed E-state index contributed by atoms with van der Waals surface area (Å²) in [5.41, 5.74) is 2.14. The van der Waals surface area contributed by atoms with Crippen LogP contribution in [0.5, 0.6) is 0 Å². The molecular formula is C23H26Cl3N3O. The standard InChI is InChI=1S/C23H26Cl3N3O/c24-18-6-4-17(5-7-18)22(20-9-8-19(25)16-21(20)26)27-12-14-29(15-13-27)23(30)28-10-2-1-3-11-28/h4-9,16,22H,1-3,10-15H2. The summed E-state index contributed by atoms with van der Waals surface area (Å²) < 4.78 is 0. The van der Waals surface area contributed by atoms with Crippen molar-refractivity contribution in [2.24, 2.45) is 0 Å². The van der Waals surface area contributed by atoms with E-state index in [1.165, 1.54) is 6.42 Å². The van der Waals surface area contributed by atoms with Gasteiger partial charge < -0.3 is 9.80 Å². The van der Waals surface area contributed by atoms with Gasteiger partial charge in [0.1, 0.15) is 0 Å². The van der Waals surface area contributed by atoms with Gasteiger partial charge >= 0.3 is 6.03 Å². The Bertz CT molecular complexity index is 876. The molecule has 2 aliphatic heterocycles. The Labute approximate surface area is 193 Å². The monoisotopic (exact) mass is 465 g/mol. The van der Waals surface area contributed by atoms with Crippen LogP contribution in [0.2, 0.25) is 15.1 Å². The zero-order chi connectivity index (χ0) is 21.1. The second kappa shape index (κ2) is 9.78. The fourth-order valence-electron chi connectivity index (χ4n) is 4.41. The highest BCUT2D eigenvalue weighted by atomic mass is 35.5. The Morgan fingerprint density at radius 2 is 1.33 bits per heavy atom. The second-order valence-corrected chi connectivity index (χ2v) is 9.25. The van der Waals surface area contributed by atoms with Crippen molar-refractivity contribution in [3.8, 4) is 0 Å². The van der Waals surface area contributed by atoms with Crippen LogP contribution in [0.15, 0.2) is 42.5 Å². The van der Waals surface area contributed by atoms with Crippen molar-refractivity contribution >= 4 is 40.8 Å². The highest BCUT2D eigenvalue weighted by molar-refractivity contribution is 6.35. The molecule has 0 aliphatic carbocycles.